The molecule has 0 atom stereocenters. The lowest BCUT2D eigenvalue weighted by Gasteiger charge is -2.19. The van der Waals surface area contributed by atoms with Gasteiger partial charge >= 0.3 is 0 Å². The van der Waals surface area contributed by atoms with Crippen LogP contribution >= 0.6 is 0 Å². The number of nitrogens with two attached hydrogens (primary N) is 1. The summed E-state index contributed by atoms with van der Waals surface area (Å²) in [5.74, 6) is 0. The van der Waals surface area contributed by atoms with Crippen molar-refractivity contribution in [3.05, 3.63) is 34.4 Å². The van der Waals surface area contributed by atoms with Gasteiger partial charge in [-0.15, -0.1) is 0 Å². The predicted octanol–water partition coefficient (Wildman–Crippen LogP) is 2.86. The van der Waals surface area contributed by atoms with Gasteiger partial charge in [0.1, 0.15) is 0 Å². The summed E-state index contributed by atoms with van der Waals surface area (Å²) in [7, 11) is 0. The van der Waals surface area contributed by atoms with Crippen LogP contribution in [0.4, 0.5) is 0 Å². The maximum atomic E-state index is 5.91. The van der Waals surface area contributed by atoms with Crippen molar-refractivity contribution in [1.82, 2.24) is 0 Å². The zero-order valence-electron chi connectivity index (χ0n) is 10.1. The Bertz CT molecular complexity index is 375. The molecule has 0 amide bonds. The molecule has 1 aromatic carbocycles. The summed E-state index contributed by atoms with van der Waals surface area (Å²) in [6.45, 7) is 7.47. The van der Waals surface area contributed by atoms with E-state index in [1.54, 1.807) is 0 Å². The molecule has 0 saturated heterocycles. The standard InChI is InChI=1S/C14H21N/c1-4-12-7-10(2)11(3)13(8-12)14(9-15)5-6-14/h7-8H,4-6,9,15H2,1-3H3. The number of benzene rings is 1. The molecule has 0 aliphatic heterocycles. The Morgan fingerprint density at radius 1 is 1.27 bits per heavy atom. The Labute approximate surface area is 92.7 Å². The predicted molar refractivity (Wildman–Crippen MR) is 65.3 cm³/mol. The molecule has 1 aromatic rings. The molecule has 1 heteroatoms. The van der Waals surface area contributed by atoms with Gasteiger partial charge in [-0.1, -0.05) is 19.1 Å². The SMILES string of the molecule is CCc1cc(C)c(C)c(C2(CN)CC2)c1. The zero-order chi connectivity index (χ0) is 11.1. The van der Waals surface area contributed by atoms with Gasteiger partial charge in [0.25, 0.3) is 0 Å². The summed E-state index contributed by atoms with van der Waals surface area (Å²) in [5.41, 5.74) is 12.1. The molecule has 82 valence electrons. The highest BCUT2D eigenvalue weighted by Gasteiger charge is 2.43. The smallest absolute Gasteiger partial charge is 0.00790 e. The first-order valence-corrected chi connectivity index (χ1v) is 5.93. The molecule has 1 aliphatic rings. The molecule has 1 nitrogen and oxygen atoms in total. The van der Waals surface area contributed by atoms with Crippen LogP contribution in [0.15, 0.2) is 12.1 Å². The molecule has 0 bridgehead atoms. The van der Waals surface area contributed by atoms with Crippen molar-refractivity contribution in [3.63, 3.8) is 0 Å². The average molecular weight is 203 g/mol. The van der Waals surface area contributed by atoms with E-state index >= 15 is 0 Å². The number of hydrogen-bond donors (Lipinski definition) is 1. The van der Waals surface area contributed by atoms with Crippen LogP contribution in [0.1, 0.15) is 42.0 Å². The lowest BCUT2D eigenvalue weighted by Crippen LogP contribution is -2.21. The summed E-state index contributed by atoms with van der Waals surface area (Å²) < 4.78 is 0. The summed E-state index contributed by atoms with van der Waals surface area (Å²) >= 11 is 0. The molecule has 15 heavy (non-hydrogen) atoms. The van der Waals surface area contributed by atoms with E-state index in [4.69, 9.17) is 5.73 Å². The van der Waals surface area contributed by atoms with Gasteiger partial charge < -0.3 is 5.73 Å². The van der Waals surface area contributed by atoms with Crippen molar-refractivity contribution >= 4 is 0 Å². The monoisotopic (exact) mass is 203 g/mol. The third kappa shape index (κ3) is 1.69. The summed E-state index contributed by atoms with van der Waals surface area (Å²) in [5, 5.41) is 0. The second-order valence-corrected chi connectivity index (χ2v) is 4.92. The Hall–Kier alpha value is -0.820. The van der Waals surface area contributed by atoms with Crippen molar-refractivity contribution in [2.75, 3.05) is 6.54 Å². The van der Waals surface area contributed by atoms with Crippen LogP contribution in [0.5, 0.6) is 0 Å². The van der Waals surface area contributed by atoms with Gasteiger partial charge in [-0.25, -0.2) is 0 Å². The summed E-state index contributed by atoms with van der Waals surface area (Å²) in [4.78, 5) is 0. The second kappa shape index (κ2) is 3.64. The highest BCUT2D eigenvalue weighted by atomic mass is 14.7. The fourth-order valence-electron chi connectivity index (χ4n) is 2.42. The first-order valence-electron chi connectivity index (χ1n) is 5.93. The topological polar surface area (TPSA) is 26.0 Å². The largest absolute Gasteiger partial charge is 0.330 e. The van der Waals surface area contributed by atoms with Crippen LogP contribution in [0.25, 0.3) is 0 Å². The molecular formula is C14H21N. The Morgan fingerprint density at radius 3 is 2.40 bits per heavy atom. The molecular weight excluding hydrogens is 182 g/mol. The first kappa shape index (κ1) is 10.7. The van der Waals surface area contributed by atoms with E-state index in [-0.39, 0.29) is 0 Å². The summed E-state index contributed by atoms with van der Waals surface area (Å²) in [6, 6.07) is 4.69. The van der Waals surface area contributed by atoms with Gasteiger partial charge in [0, 0.05) is 12.0 Å². The van der Waals surface area contributed by atoms with Gasteiger partial charge in [0.2, 0.25) is 0 Å². The van der Waals surface area contributed by atoms with Crippen molar-refractivity contribution in [2.45, 2.75) is 45.4 Å². The van der Waals surface area contributed by atoms with Crippen molar-refractivity contribution in [1.29, 1.82) is 0 Å². The molecule has 1 saturated carbocycles. The van der Waals surface area contributed by atoms with Crippen LogP contribution < -0.4 is 5.73 Å². The second-order valence-electron chi connectivity index (χ2n) is 4.92. The average Bonchev–Trinajstić information content (AvgIpc) is 3.02. The third-order valence-electron chi connectivity index (χ3n) is 3.95. The quantitative estimate of drug-likeness (QED) is 0.803. The van der Waals surface area contributed by atoms with E-state index in [1.165, 1.54) is 35.1 Å². The van der Waals surface area contributed by atoms with Crippen LogP contribution in [0.3, 0.4) is 0 Å². The minimum absolute atomic E-state index is 0.333. The first-order chi connectivity index (χ1) is 7.13. The fourth-order valence-corrected chi connectivity index (χ4v) is 2.42. The highest BCUT2D eigenvalue weighted by Crippen LogP contribution is 2.49. The van der Waals surface area contributed by atoms with Crippen molar-refractivity contribution in [2.24, 2.45) is 5.73 Å². The van der Waals surface area contributed by atoms with Gasteiger partial charge in [0.05, 0.1) is 0 Å². The van der Waals surface area contributed by atoms with E-state index in [0.717, 1.165) is 13.0 Å². The van der Waals surface area contributed by atoms with Crippen LogP contribution in [0, 0.1) is 13.8 Å². The Balaban J connectivity index is 2.50. The number of rotatable bonds is 3. The van der Waals surface area contributed by atoms with Gasteiger partial charge in [-0.2, -0.15) is 0 Å². The van der Waals surface area contributed by atoms with Gasteiger partial charge in [-0.3, -0.25) is 0 Å². The van der Waals surface area contributed by atoms with Gasteiger partial charge in [-0.05, 0) is 55.4 Å². The van der Waals surface area contributed by atoms with Crippen LogP contribution in [-0.4, -0.2) is 6.54 Å². The van der Waals surface area contributed by atoms with Crippen LogP contribution in [0.2, 0.25) is 0 Å². The van der Waals surface area contributed by atoms with Crippen molar-refractivity contribution < 1.29 is 0 Å². The summed E-state index contributed by atoms with van der Waals surface area (Å²) in [6.07, 6.45) is 3.67. The minimum atomic E-state index is 0.333. The molecule has 0 aromatic heterocycles. The number of aryl methyl sites for hydroxylation is 2. The maximum absolute atomic E-state index is 5.91. The molecule has 2 rings (SSSR count). The molecule has 1 fully saturated rings. The van der Waals surface area contributed by atoms with E-state index in [1.807, 2.05) is 0 Å². The third-order valence-corrected chi connectivity index (χ3v) is 3.95. The minimum Gasteiger partial charge on any atom is -0.330 e. The molecule has 0 heterocycles. The molecule has 2 N–H and O–H groups in total. The van der Waals surface area contributed by atoms with E-state index in [2.05, 4.69) is 32.9 Å². The van der Waals surface area contributed by atoms with Gasteiger partial charge in [0.15, 0.2) is 0 Å². The molecule has 0 spiro atoms. The maximum Gasteiger partial charge on any atom is 0.00790 e. The Kier molecular flexibility index (Phi) is 2.59. The Morgan fingerprint density at radius 2 is 1.93 bits per heavy atom. The highest BCUT2D eigenvalue weighted by molar-refractivity contribution is 5.45. The fraction of sp³-hybridized carbons (Fsp3) is 0.571. The normalized spacial score (nSPS) is 17.9. The van der Waals surface area contributed by atoms with Crippen LogP contribution in [-0.2, 0) is 11.8 Å². The molecule has 1 aliphatic carbocycles. The van der Waals surface area contributed by atoms with Crippen molar-refractivity contribution in [3.8, 4) is 0 Å². The number of hydrogen-bond acceptors (Lipinski definition) is 1. The van der Waals surface area contributed by atoms with E-state index < -0.39 is 0 Å². The zero-order valence-corrected chi connectivity index (χ0v) is 10.1. The molecule has 0 radical (unpaired) electrons. The van der Waals surface area contributed by atoms with E-state index in [9.17, 15) is 0 Å². The molecule has 0 unspecified atom stereocenters. The lowest BCUT2D eigenvalue weighted by atomic mass is 9.87. The lowest BCUT2D eigenvalue weighted by molar-refractivity contribution is 0.696. The van der Waals surface area contributed by atoms with E-state index in [0.29, 0.717) is 5.41 Å².